The molecule has 1 aliphatic rings. The lowest BCUT2D eigenvalue weighted by Crippen LogP contribution is -2.39. The zero-order valence-electron chi connectivity index (χ0n) is 17.7. The van der Waals surface area contributed by atoms with Crippen LogP contribution in [0.15, 0.2) is 71.2 Å². The molecule has 0 aromatic heterocycles. The Balaban J connectivity index is 1.38. The Kier molecular flexibility index (Phi) is 7.52. The van der Waals surface area contributed by atoms with Gasteiger partial charge >= 0.3 is 0 Å². The lowest BCUT2D eigenvalue weighted by molar-refractivity contribution is -0.121. The van der Waals surface area contributed by atoms with E-state index in [-0.39, 0.29) is 18.4 Å². The van der Waals surface area contributed by atoms with Crippen LogP contribution in [0.1, 0.15) is 23.2 Å². The van der Waals surface area contributed by atoms with Gasteiger partial charge < -0.3 is 19.7 Å². The minimum atomic E-state index is -0.239. The molecule has 0 saturated carbocycles. The van der Waals surface area contributed by atoms with E-state index in [1.165, 1.54) is 0 Å². The first-order valence-electron chi connectivity index (χ1n) is 10.5. The summed E-state index contributed by atoms with van der Waals surface area (Å²) in [6, 6.07) is 19.7. The normalized spacial score (nSPS) is 12.7. The molecule has 0 unspecified atom stereocenters. The van der Waals surface area contributed by atoms with E-state index in [4.69, 9.17) is 21.1 Å². The number of anilines is 2. The number of fused-ring (bicyclic) bond motifs is 1. The number of carbonyl (C=O) groups excluding carboxylic acids is 2. The largest absolute Gasteiger partial charge is 0.494 e. The van der Waals surface area contributed by atoms with Crippen molar-refractivity contribution in [2.24, 2.45) is 0 Å². The Bertz CT molecular complexity index is 1150. The summed E-state index contributed by atoms with van der Waals surface area (Å²) in [6.45, 7) is 1.06. The van der Waals surface area contributed by atoms with Crippen LogP contribution in [-0.4, -0.2) is 31.6 Å². The van der Waals surface area contributed by atoms with Gasteiger partial charge in [0.05, 0.1) is 17.9 Å². The van der Waals surface area contributed by atoms with E-state index >= 15 is 0 Å². The summed E-state index contributed by atoms with van der Waals surface area (Å²) in [6.07, 6.45) is 1.54. The first-order valence-corrected chi connectivity index (χ1v) is 11.7. The number of carbonyl (C=O) groups is 2. The number of hydrogen-bond acceptors (Lipinski definition) is 4. The molecular weight excluding hydrogens is 508 g/mol. The van der Waals surface area contributed by atoms with Gasteiger partial charge in [-0.3, -0.25) is 9.59 Å². The fourth-order valence-corrected chi connectivity index (χ4v) is 4.05. The van der Waals surface area contributed by atoms with Crippen LogP contribution in [0.25, 0.3) is 0 Å². The molecule has 0 spiro atoms. The van der Waals surface area contributed by atoms with E-state index in [0.717, 1.165) is 18.6 Å². The van der Waals surface area contributed by atoms with Gasteiger partial charge in [-0.2, -0.15) is 0 Å². The van der Waals surface area contributed by atoms with E-state index in [1.54, 1.807) is 47.4 Å². The van der Waals surface area contributed by atoms with Crippen molar-refractivity contribution in [2.75, 3.05) is 30.0 Å². The summed E-state index contributed by atoms with van der Waals surface area (Å²) in [7, 11) is 0. The monoisotopic (exact) mass is 528 g/mol. The summed E-state index contributed by atoms with van der Waals surface area (Å²) < 4.78 is 12.0. The summed E-state index contributed by atoms with van der Waals surface area (Å²) in [5.41, 5.74) is 1.76. The summed E-state index contributed by atoms with van der Waals surface area (Å²) >= 11 is 9.28. The Hall–Kier alpha value is -3.03. The second kappa shape index (κ2) is 10.7. The van der Waals surface area contributed by atoms with Crippen LogP contribution in [0.4, 0.5) is 11.4 Å². The van der Waals surface area contributed by atoms with Gasteiger partial charge in [0.2, 0.25) is 0 Å². The number of benzene rings is 3. The predicted molar refractivity (Wildman–Crippen MR) is 133 cm³/mol. The quantitative estimate of drug-likeness (QED) is 0.367. The molecule has 3 aromatic carbocycles. The van der Waals surface area contributed by atoms with Gasteiger partial charge in [-0.05, 0) is 83.4 Å². The maximum atomic E-state index is 12.7. The van der Waals surface area contributed by atoms with E-state index in [0.29, 0.717) is 45.3 Å². The molecule has 2 amide bonds. The summed E-state index contributed by atoms with van der Waals surface area (Å²) in [5.74, 6) is 1.02. The highest BCUT2D eigenvalue weighted by Crippen LogP contribution is 2.35. The van der Waals surface area contributed by atoms with E-state index in [9.17, 15) is 9.59 Å². The second-order valence-electron chi connectivity index (χ2n) is 7.46. The van der Waals surface area contributed by atoms with Gasteiger partial charge in [0.25, 0.3) is 11.8 Å². The molecule has 0 radical (unpaired) electrons. The molecule has 4 rings (SSSR count). The fraction of sp³-hybridized carbons (Fsp3) is 0.200. The Morgan fingerprint density at radius 3 is 2.67 bits per heavy atom. The molecule has 3 aromatic rings. The third-order valence-electron chi connectivity index (χ3n) is 5.14. The minimum Gasteiger partial charge on any atom is -0.494 e. The van der Waals surface area contributed by atoms with Crippen molar-refractivity contribution in [3.63, 3.8) is 0 Å². The average Bonchev–Trinajstić information content (AvgIpc) is 2.81. The van der Waals surface area contributed by atoms with Crippen LogP contribution in [0.5, 0.6) is 11.5 Å². The van der Waals surface area contributed by atoms with Crippen molar-refractivity contribution in [3.8, 4) is 11.5 Å². The molecule has 6 nitrogen and oxygen atoms in total. The molecule has 1 aliphatic heterocycles. The minimum absolute atomic E-state index is 0.00303. The maximum Gasteiger partial charge on any atom is 0.265 e. The Morgan fingerprint density at radius 1 is 1.09 bits per heavy atom. The highest BCUT2D eigenvalue weighted by Gasteiger charge is 2.25. The van der Waals surface area contributed by atoms with Gasteiger partial charge in [0, 0.05) is 21.7 Å². The number of halogens is 2. The van der Waals surface area contributed by atoms with E-state index in [1.807, 2.05) is 24.3 Å². The van der Waals surface area contributed by atoms with Crippen LogP contribution in [0.2, 0.25) is 5.02 Å². The molecule has 0 aliphatic carbocycles. The van der Waals surface area contributed by atoms with Gasteiger partial charge in [-0.15, -0.1) is 0 Å². The number of nitrogens with one attached hydrogen (secondary N) is 1. The van der Waals surface area contributed by atoms with Crippen LogP contribution in [-0.2, 0) is 4.79 Å². The van der Waals surface area contributed by atoms with E-state index in [2.05, 4.69) is 21.2 Å². The Morgan fingerprint density at radius 2 is 1.88 bits per heavy atom. The predicted octanol–water partition coefficient (Wildman–Crippen LogP) is 5.94. The molecule has 170 valence electrons. The number of unbranched alkanes of at least 4 members (excludes halogenated alkanes) is 1. The van der Waals surface area contributed by atoms with Crippen LogP contribution in [0.3, 0.4) is 0 Å². The highest BCUT2D eigenvalue weighted by atomic mass is 79.9. The van der Waals surface area contributed by atoms with Crippen molar-refractivity contribution < 1.29 is 19.1 Å². The first-order chi connectivity index (χ1) is 16.0. The Labute approximate surface area is 205 Å². The average molecular weight is 530 g/mol. The first kappa shape index (κ1) is 23.1. The third kappa shape index (κ3) is 5.86. The maximum absolute atomic E-state index is 12.7. The molecule has 33 heavy (non-hydrogen) atoms. The molecular formula is C25H22BrClN2O4. The zero-order chi connectivity index (χ0) is 23.2. The number of nitrogens with zero attached hydrogens (tertiary/aromatic N) is 1. The van der Waals surface area contributed by atoms with E-state index < -0.39 is 0 Å². The van der Waals surface area contributed by atoms with Crippen molar-refractivity contribution in [1.82, 2.24) is 0 Å². The third-order valence-corrected chi connectivity index (χ3v) is 6.08. The van der Waals surface area contributed by atoms with Crippen LogP contribution in [0, 0.1) is 0 Å². The number of amides is 2. The van der Waals surface area contributed by atoms with Gasteiger partial charge in [-0.1, -0.05) is 23.7 Å². The molecule has 8 heteroatoms. The summed E-state index contributed by atoms with van der Waals surface area (Å²) in [4.78, 5) is 26.9. The number of hydrogen-bond donors (Lipinski definition) is 1. The molecule has 1 heterocycles. The standard InChI is InChI=1S/C25H22BrClN2O4/c26-21-6-2-1-5-20(21)25(31)28-18-9-12-23-22(15-18)29(24(30)16-33-23)13-3-4-14-32-19-10-7-17(27)8-11-19/h1-2,5-12,15H,3-4,13-14,16H2,(H,28,31). The molecule has 0 atom stereocenters. The SMILES string of the molecule is O=C(Nc1ccc2c(c1)N(CCCCOc1ccc(Cl)cc1)C(=O)CO2)c1ccccc1Br. The van der Waals surface area contributed by atoms with Crippen LogP contribution >= 0.6 is 27.5 Å². The van der Waals surface area contributed by atoms with Gasteiger partial charge in [-0.25, -0.2) is 0 Å². The van der Waals surface area contributed by atoms with Gasteiger partial charge in [0.1, 0.15) is 11.5 Å². The van der Waals surface area contributed by atoms with Crippen molar-refractivity contribution in [1.29, 1.82) is 0 Å². The molecule has 1 N–H and O–H groups in total. The summed E-state index contributed by atoms with van der Waals surface area (Å²) in [5, 5.41) is 3.56. The van der Waals surface area contributed by atoms with Crippen LogP contribution < -0.4 is 19.7 Å². The highest BCUT2D eigenvalue weighted by molar-refractivity contribution is 9.10. The fourth-order valence-electron chi connectivity index (χ4n) is 3.46. The second-order valence-corrected chi connectivity index (χ2v) is 8.75. The molecule has 0 saturated heterocycles. The number of rotatable bonds is 8. The number of ether oxygens (including phenoxy) is 2. The topological polar surface area (TPSA) is 67.9 Å². The molecule has 0 bridgehead atoms. The van der Waals surface area contributed by atoms with Crippen molar-refractivity contribution >= 4 is 50.7 Å². The lowest BCUT2D eigenvalue weighted by atomic mass is 10.1. The van der Waals surface area contributed by atoms with Gasteiger partial charge in [0.15, 0.2) is 6.61 Å². The molecule has 0 fully saturated rings. The smallest absolute Gasteiger partial charge is 0.265 e. The lowest BCUT2D eigenvalue weighted by Gasteiger charge is -2.30. The zero-order valence-corrected chi connectivity index (χ0v) is 20.1. The van der Waals surface area contributed by atoms with Crippen molar-refractivity contribution in [3.05, 3.63) is 81.8 Å². The van der Waals surface area contributed by atoms with Crippen molar-refractivity contribution in [2.45, 2.75) is 12.8 Å².